The van der Waals surface area contributed by atoms with Crippen molar-refractivity contribution < 1.29 is 27.2 Å². The molecule has 0 radical (unpaired) electrons. The number of hydrogen-bond acceptors (Lipinski definition) is 2. The molecule has 32 heavy (non-hydrogen) atoms. The summed E-state index contributed by atoms with van der Waals surface area (Å²) in [5, 5.41) is 3.68. The first-order valence-corrected chi connectivity index (χ1v) is 10.6. The second-order valence-electron chi connectivity index (χ2n) is 7.04. The van der Waals surface area contributed by atoms with Gasteiger partial charge < -0.3 is 10.6 Å². The molecular weight excluding hydrogens is 518 g/mol. The number of amides is 2. The van der Waals surface area contributed by atoms with E-state index in [0.717, 1.165) is 12.1 Å². The van der Waals surface area contributed by atoms with E-state index < -0.39 is 56.1 Å². The molecule has 1 aliphatic rings. The first kappa shape index (κ1) is 24.9. The number of alkyl halides is 5. The van der Waals surface area contributed by atoms with Crippen molar-refractivity contribution >= 4 is 63.9 Å². The third kappa shape index (κ3) is 4.78. The van der Waals surface area contributed by atoms with Crippen LogP contribution in [-0.2, 0) is 11.0 Å². The minimum Gasteiger partial charge on any atom is -0.352 e. The van der Waals surface area contributed by atoms with E-state index >= 15 is 0 Å². The number of nitrogens with one attached hydrogen (secondary N) is 2. The Morgan fingerprint density at radius 1 is 1.12 bits per heavy atom. The van der Waals surface area contributed by atoms with Crippen molar-refractivity contribution in [1.29, 1.82) is 0 Å². The summed E-state index contributed by atoms with van der Waals surface area (Å²) in [4.78, 5) is 24.9. The van der Waals surface area contributed by atoms with Crippen LogP contribution in [0.3, 0.4) is 0 Å². The summed E-state index contributed by atoms with van der Waals surface area (Å²) in [6.45, 7) is 1.73. The Morgan fingerprint density at radius 2 is 1.78 bits per heavy atom. The summed E-state index contributed by atoms with van der Waals surface area (Å²) in [6.07, 6.45) is -4.88. The average molecular weight is 532 g/mol. The molecule has 0 heterocycles. The maximum atomic E-state index is 13.4. The van der Waals surface area contributed by atoms with Crippen LogP contribution in [0.25, 0.3) is 0 Å². The van der Waals surface area contributed by atoms with E-state index in [9.17, 15) is 27.2 Å². The fraction of sp³-hybridized carbons (Fsp3) is 0.300. The average Bonchev–Trinajstić information content (AvgIpc) is 3.26. The summed E-state index contributed by atoms with van der Waals surface area (Å²) in [7, 11) is 0. The minimum absolute atomic E-state index is 0.151. The molecular formula is C20H14Cl4F4N2O2. The van der Waals surface area contributed by atoms with Crippen molar-refractivity contribution in [1.82, 2.24) is 5.32 Å². The van der Waals surface area contributed by atoms with Crippen molar-refractivity contribution in [2.24, 2.45) is 5.92 Å². The highest BCUT2D eigenvalue weighted by Gasteiger charge is 2.67. The van der Waals surface area contributed by atoms with Crippen molar-refractivity contribution in [3.8, 4) is 0 Å². The first-order valence-electron chi connectivity index (χ1n) is 9.11. The standard InChI is InChI=1S/C20H14Cl4F4N2O2/c1-2-29-17(31)10-6-9(7-11(16(10)22)20(26,27)28)30-18(32)15-14(19(15,23)24)8-3-4-13(25)12(21)5-8/h3-7,14-15H,2H2,1H3,(H,29,31)(H,30,32)/t14-,15+/m0/s1. The van der Waals surface area contributed by atoms with Crippen LogP contribution in [0.1, 0.15) is 34.3 Å². The molecule has 0 aromatic heterocycles. The van der Waals surface area contributed by atoms with Gasteiger partial charge in [0.15, 0.2) is 0 Å². The highest BCUT2D eigenvalue weighted by molar-refractivity contribution is 6.53. The molecule has 1 aliphatic carbocycles. The van der Waals surface area contributed by atoms with Crippen LogP contribution in [0.4, 0.5) is 23.2 Å². The van der Waals surface area contributed by atoms with Crippen LogP contribution in [0.15, 0.2) is 30.3 Å². The monoisotopic (exact) mass is 530 g/mol. The molecule has 2 amide bonds. The van der Waals surface area contributed by atoms with E-state index in [0.29, 0.717) is 11.6 Å². The van der Waals surface area contributed by atoms with E-state index in [1.807, 2.05) is 0 Å². The number of halogens is 8. The zero-order chi connectivity index (χ0) is 24.0. The lowest BCUT2D eigenvalue weighted by molar-refractivity contribution is -0.137. The molecule has 0 unspecified atom stereocenters. The smallest absolute Gasteiger partial charge is 0.352 e. The van der Waals surface area contributed by atoms with Crippen LogP contribution >= 0.6 is 46.4 Å². The van der Waals surface area contributed by atoms with E-state index in [1.165, 1.54) is 12.1 Å². The van der Waals surface area contributed by atoms with E-state index in [2.05, 4.69) is 10.6 Å². The van der Waals surface area contributed by atoms with Gasteiger partial charge in [0.05, 0.1) is 27.1 Å². The third-order valence-electron chi connectivity index (χ3n) is 4.87. The molecule has 2 N–H and O–H groups in total. The van der Waals surface area contributed by atoms with E-state index in [-0.39, 0.29) is 17.3 Å². The number of anilines is 1. The molecule has 0 aliphatic heterocycles. The lowest BCUT2D eigenvalue weighted by Crippen LogP contribution is -2.25. The van der Waals surface area contributed by atoms with Gasteiger partial charge in [0.1, 0.15) is 10.2 Å². The van der Waals surface area contributed by atoms with Gasteiger partial charge in [0, 0.05) is 18.2 Å². The maximum absolute atomic E-state index is 13.4. The fourth-order valence-electron chi connectivity index (χ4n) is 3.32. The van der Waals surface area contributed by atoms with E-state index in [4.69, 9.17) is 46.4 Å². The summed E-state index contributed by atoms with van der Waals surface area (Å²) < 4.78 is 52.1. The molecule has 2 atom stereocenters. The Balaban J connectivity index is 1.92. The Morgan fingerprint density at radius 3 is 2.34 bits per heavy atom. The number of carbonyl (C=O) groups is 2. The highest BCUT2D eigenvalue weighted by atomic mass is 35.5. The highest BCUT2D eigenvalue weighted by Crippen LogP contribution is 2.65. The number of carbonyl (C=O) groups excluding carboxylic acids is 2. The van der Waals surface area contributed by atoms with Crippen LogP contribution in [0, 0.1) is 11.7 Å². The number of benzene rings is 2. The Labute approximate surface area is 200 Å². The Hall–Kier alpha value is -1.74. The van der Waals surface area contributed by atoms with Gasteiger partial charge in [0.2, 0.25) is 5.91 Å². The predicted molar refractivity (Wildman–Crippen MR) is 115 cm³/mol. The SMILES string of the molecule is CCNC(=O)c1cc(NC(=O)[C@H]2[C@H](c3ccc(F)c(Cl)c3)C2(Cl)Cl)cc(C(F)(F)F)c1Cl. The zero-order valence-corrected chi connectivity index (χ0v) is 19.1. The summed E-state index contributed by atoms with van der Waals surface area (Å²) in [5.74, 6) is -4.15. The zero-order valence-electron chi connectivity index (χ0n) is 16.1. The van der Waals surface area contributed by atoms with Crippen LogP contribution in [-0.4, -0.2) is 22.7 Å². The second-order valence-corrected chi connectivity index (χ2v) is 9.26. The molecule has 0 saturated heterocycles. The van der Waals surface area contributed by atoms with Gasteiger partial charge in [0.25, 0.3) is 5.91 Å². The Bertz CT molecular complexity index is 1090. The molecule has 1 saturated carbocycles. The third-order valence-corrected chi connectivity index (χ3v) is 6.50. The summed E-state index contributed by atoms with van der Waals surface area (Å²) in [5.41, 5.74) is -1.69. The number of rotatable bonds is 5. The lowest BCUT2D eigenvalue weighted by Gasteiger charge is -2.15. The van der Waals surface area contributed by atoms with Crippen molar-refractivity contribution in [2.45, 2.75) is 23.4 Å². The topological polar surface area (TPSA) is 58.2 Å². The molecule has 2 aromatic carbocycles. The first-order chi connectivity index (χ1) is 14.8. The molecule has 2 aromatic rings. The molecule has 0 spiro atoms. The van der Waals surface area contributed by atoms with Gasteiger partial charge in [-0.25, -0.2) is 4.39 Å². The molecule has 0 bridgehead atoms. The Kier molecular flexibility index (Phi) is 6.92. The second kappa shape index (κ2) is 8.89. The fourth-order valence-corrected chi connectivity index (χ4v) is 4.64. The van der Waals surface area contributed by atoms with E-state index in [1.54, 1.807) is 6.92 Å². The summed E-state index contributed by atoms with van der Waals surface area (Å²) >= 11 is 24.0. The van der Waals surface area contributed by atoms with Gasteiger partial charge in [-0.05, 0) is 36.8 Å². The van der Waals surface area contributed by atoms with Crippen LogP contribution < -0.4 is 10.6 Å². The van der Waals surface area contributed by atoms with Gasteiger partial charge in [-0.3, -0.25) is 9.59 Å². The van der Waals surface area contributed by atoms with Gasteiger partial charge in [-0.15, -0.1) is 23.2 Å². The van der Waals surface area contributed by atoms with Gasteiger partial charge in [-0.2, -0.15) is 13.2 Å². The quantitative estimate of drug-likeness (QED) is 0.345. The molecule has 1 fully saturated rings. The predicted octanol–water partition coefficient (Wildman–Crippen LogP) is 6.43. The largest absolute Gasteiger partial charge is 0.417 e. The summed E-state index contributed by atoms with van der Waals surface area (Å²) in [6, 6.07) is 5.35. The molecule has 4 nitrogen and oxygen atoms in total. The van der Waals surface area contributed by atoms with Crippen molar-refractivity contribution in [3.05, 3.63) is 62.9 Å². The lowest BCUT2D eigenvalue weighted by atomic mass is 10.1. The van der Waals surface area contributed by atoms with Crippen LogP contribution in [0.5, 0.6) is 0 Å². The van der Waals surface area contributed by atoms with Crippen molar-refractivity contribution in [3.63, 3.8) is 0 Å². The van der Waals surface area contributed by atoms with Gasteiger partial charge in [-0.1, -0.05) is 29.3 Å². The van der Waals surface area contributed by atoms with Gasteiger partial charge >= 0.3 is 6.18 Å². The maximum Gasteiger partial charge on any atom is 0.417 e. The minimum atomic E-state index is -4.88. The normalized spacial score (nSPS) is 19.4. The number of hydrogen-bond donors (Lipinski definition) is 2. The molecule has 3 rings (SSSR count). The van der Waals surface area contributed by atoms with Crippen LogP contribution in [0.2, 0.25) is 10.0 Å². The molecule has 172 valence electrons. The van der Waals surface area contributed by atoms with Crippen molar-refractivity contribution in [2.75, 3.05) is 11.9 Å². The molecule has 12 heteroatoms.